The van der Waals surface area contributed by atoms with Crippen LogP contribution in [-0.2, 0) is 9.59 Å². The second-order valence-corrected chi connectivity index (χ2v) is 8.41. The fourth-order valence-corrected chi connectivity index (χ4v) is 4.37. The summed E-state index contributed by atoms with van der Waals surface area (Å²) < 4.78 is 10.7. The van der Waals surface area contributed by atoms with Crippen molar-refractivity contribution in [2.45, 2.75) is 13.0 Å². The molecule has 1 aliphatic heterocycles. The van der Waals surface area contributed by atoms with E-state index in [9.17, 15) is 14.7 Å². The van der Waals surface area contributed by atoms with E-state index < -0.39 is 23.5 Å². The van der Waals surface area contributed by atoms with Crippen molar-refractivity contribution < 1.29 is 24.2 Å². The first-order valence-electron chi connectivity index (χ1n) is 10.2. The van der Waals surface area contributed by atoms with Gasteiger partial charge in [0, 0.05) is 29.2 Å². The van der Waals surface area contributed by atoms with Crippen LogP contribution in [0.25, 0.3) is 5.76 Å². The van der Waals surface area contributed by atoms with Crippen molar-refractivity contribution in [1.29, 1.82) is 0 Å². The lowest BCUT2D eigenvalue weighted by Crippen LogP contribution is -2.30. The lowest BCUT2D eigenvalue weighted by atomic mass is 9.95. The molecule has 1 unspecified atom stereocenters. The van der Waals surface area contributed by atoms with Crippen molar-refractivity contribution in [2.75, 3.05) is 19.1 Å². The molecule has 1 atom stereocenters. The maximum absolute atomic E-state index is 13.3. The number of rotatable bonds is 5. The molecule has 4 rings (SSSR count). The van der Waals surface area contributed by atoms with E-state index in [0.717, 1.165) is 5.56 Å². The van der Waals surface area contributed by atoms with E-state index in [1.807, 2.05) is 6.92 Å². The van der Waals surface area contributed by atoms with Crippen molar-refractivity contribution in [2.24, 2.45) is 0 Å². The van der Waals surface area contributed by atoms with E-state index >= 15 is 0 Å². The smallest absolute Gasteiger partial charge is 0.300 e. The number of aliphatic hydroxyl groups is 1. The molecule has 0 spiro atoms. The van der Waals surface area contributed by atoms with Crippen molar-refractivity contribution in [3.8, 4) is 11.5 Å². The summed E-state index contributed by atoms with van der Waals surface area (Å²) in [5, 5.41) is 12.1. The quantitative estimate of drug-likeness (QED) is 0.290. The van der Waals surface area contributed by atoms with Gasteiger partial charge in [0.25, 0.3) is 11.7 Å². The number of hydrogen-bond acceptors (Lipinski definition) is 6. The van der Waals surface area contributed by atoms with Gasteiger partial charge in [-0.05, 0) is 48.4 Å². The SMILES string of the molecule is COc1cc(/C(O)=C2\C(=O)C(=O)N(c3cc(Cl)ccc3C)C2c2ccncc2)c(OC)cc1Cl. The number of carbonyl (C=O) groups is 2. The summed E-state index contributed by atoms with van der Waals surface area (Å²) in [6.45, 7) is 1.81. The topological polar surface area (TPSA) is 89.0 Å². The number of benzene rings is 2. The van der Waals surface area contributed by atoms with Gasteiger partial charge in [-0.15, -0.1) is 0 Å². The van der Waals surface area contributed by atoms with Crippen LogP contribution >= 0.6 is 23.2 Å². The summed E-state index contributed by atoms with van der Waals surface area (Å²) in [5.74, 6) is -1.59. The number of methoxy groups -OCH3 is 2. The highest BCUT2D eigenvalue weighted by atomic mass is 35.5. The number of anilines is 1. The van der Waals surface area contributed by atoms with E-state index in [2.05, 4.69) is 4.98 Å². The van der Waals surface area contributed by atoms with Crippen molar-refractivity contribution in [3.05, 3.63) is 87.2 Å². The first kappa shape index (κ1) is 23.6. The number of halogens is 2. The normalized spacial score (nSPS) is 17.2. The van der Waals surface area contributed by atoms with Crippen LogP contribution in [0.3, 0.4) is 0 Å². The molecular weight excluding hydrogens is 479 g/mol. The zero-order valence-electron chi connectivity index (χ0n) is 18.5. The highest BCUT2D eigenvalue weighted by Gasteiger charge is 2.47. The largest absolute Gasteiger partial charge is 0.507 e. The van der Waals surface area contributed by atoms with Gasteiger partial charge in [0.2, 0.25) is 0 Å². The molecule has 34 heavy (non-hydrogen) atoms. The average Bonchev–Trinajstić information content (AvgIpc) is 3.10. The summed E-state index contributed by atoms with van der Waals surface area (Å²) >= 11 is 12.4. The summed E-state index contributed by atoms with van der Waals surface area (Å²) in [7, 11) is 2.83. The van der Waals surface area contributed by atoms with Gasteiger partial charge in [-0.25, -0.2) is 0 Å². The van der Waals surface area contributed by atoms with E-state index in [0.29, 0.717) is 16.3 Å². The number of hydrogen-bond donors (Lipinski definition) is 1. The van der Waals surface area contributed by atoms with Gasteiger partial charge in [-0.2, -0.15) is 0 Å². The maximum Gasteiger partial charge on any atom is 0.300 e. The lowest BCUT2D eigenvalue weighted by Gasteiger charge is -2.27. The van der Waals surface area contributed by atoms with Gasteiger partial charge in [-0.3, -0.25) is 19.5 Å². The molecule has 0 radical (unpaired) electrons. The molecule has 0 saturated carbocycles. The molecule has 1 saturated heterocycles. The standard InChI is InChI=1S/C25H20Cl2N2O5/c1-13-4-5-15(26)10-18(13)29-22(14-6-8-28-9-7-14)21(24(31)25(29)32)23(30)16-11-20(34-3)17(27)12-19(16)33-2/h4-12,22,30H,1-3H3/b23-21+. The van der Waals surface area contributed by atoms with E-state index in [-0.39, 0.29) is 27.7 Å². The third-order valence-corrected chi connectivity index (χ3v) is 6.16. The van der Waals surface area contributed by atoms with Gasteiger partial charge in [0.1, 0.15) is 17.3 Å². The lowest BCUT2D eigenvalue weighted by molar-refractivity contribution is -0.132. The molecule has 1 aliphatic rings. The molecular formula is C25H20Cl2N2O5. The Morgan fingerprint density at radius 3 is 2.32 bits per heavy atom. The number of aryl methyl sites for hydroxylation is 1. The van der Waals surface area contributed by atoms with Crippen LogP contribution in [0.5, 0.6) is 11.5 Å². The number of pyridine rings is 1. The minimum atomic E-state index is -0.938. The maximum atomic E-state index is 13.3. The highest BCUT2D eigenvalue weighted by molar-refractivity contribution is 6.52. The van der Waals surface area contributed by atoms with Crippen LogP contribution in [0.2, 0.25) is 10.0 Å². The first-order valence-corrected chi connectivity index (χ1v) is 10.9. The van der Waals surface area contributed by atoms with Crippen molar-refractivity contribution in [1.82, 2.24) is 4.98 Å². The Balaban J connectivity index is 2.02. The summed E-state index contributed by atoms with van der Waals surface area (Å²) in [6, 6.07) is 10.4. The third kappa shape index (κ3) is 3.97. The Bertz CT molecular complexity index is 1320. The zero-order valence-corrected chi connectivity index (χ0v) is 20.0. The summed E-state index contributed by atoms with van der Waals surface area (Å²) in [6.07, 6.45) is 3.10. The molecule has 1 N–H and O–H groups in total. The molecule has 1 fully saturated rings. The Kier molecular flexibility index (Phi) is 6.50. The molecule has 1 aromatic heterocycles. The van der Waals surface area contributed by atoms with E-state index in [1.54, 1.807) is 42.7 Å². The number of aromatic nitrogens is 1. The van der Waals surface area contributed by atoms with Gasteiger partial charge < -0.3 is 14.6 Å². The number of ketones is 1. The van der Waals surface area contributed by atoms with Crippen molar-refractivity contribution >= 4 is 46.3 Å². The number of aliphatic hydroxyl groups excluding tert-OH is 1. The van der Waals surface area contributed by atoms with Gasteiger partial charge in [0.05, 0.1) is 36.4 Å². The fraction of sp³-hybridized carbons (Fsp3) is 0.160. The van der Waals surface area contributed by atoms with Crippen LogP contribution in [0.4, 0.5) is 5.69 Å². The predicted molar refractivity (Wildman–Crippen MR) is 130 cm³/mol. The molecule has 2 aromatic carbocycles. The fourth-order valence-electron chi connectivity index (χ4n) is 3.97. The van der Waals surface area contributed by atoms with Gasteiger partial charge in [-0.1, -0.05) is 29.3 Å². The zero-order chi connectivity index (χ0) is 24.6. The van der Waals surface area contributed by atoms with Gasteiger partial charge >= 0.3 is 0 Å². The Morgan fingerprint density at radius 1 is 1.00 bits per heavy atom. The highest BCUT2D eigenvalue weighted by Crippen LogP contribution is 2.45. The van der Waals surface area contributed by atoms with Crippen LogP contribution in [0, 0.1) is 6.92 Å². The number of nitrogens with zero attached hydrogens (tertiary/aromatic N) is 2. The van der Waals surface area contributed by atoms with Crippen molar-refractivity contribution in [3.63, 3.8) is 0 Å². The van der Waals surface area contributed by atoms with Crippen LogP contribution in [-0.4, -0.2) is 36.0 Å². The van der Waals surface area contributed by atoms with E-state index in [4.69, 9.17) is 32.7 Å². The summed E-state index contributed by atoms with van der Waals surface area (Å²) in [4.78, 5) is 32.0. The third-order valence-electron chi connectivity index (χ3n) is 5.63. The number of Topliss-reactive ketones (excluding diaryl/α,β-unsaturated/α-hetero) is 1. The molecule has 0 aliphatic carbocycles. The molecule has 9 heteroatoms. The average molecular weight is 499 g/mol. The second kappa shape index (κ2) is 9.37. The number of ether oxygens (including phenoxy) is 2. The molecule has 2 heterocycles. The monoisotopic (exact) mass is 498 g/mol. The van der Waals surface area contributed by atoms with Crippen LogP contribution in [0.15, 0.2) is 60.4 Å². The molecule has 7 nitrogen and oxygen atoms in total. The van der Waals surface area contributed by atoms with Gasteiger partial charge in [0.15, 0.2) is 0 Å². The predicted octanol–water partition coefficient (Wildman–Crippen LogP) is 5.34. The second-order valence-electron chi connectivity index (χ2n) is 7.57. The molecule has 174 valence electrons. The minimum absolute atomic E-state index is 0.113. The molecule has 0 bridgehead atoms. The van der Waals surface area contributed by atoms with Crippen LogP contribution in [0.1, 0.15) is 22.7 Å². The van der Waals surface area contributed by atoms with E-state index in [1.165, 1.54) is 31.3 Å². The first-order chi connectivity index (χ1) is 16.3. The summed E-state index contributed by atoms with van der Waals surface area (Å²) in [5.41, 5.74) is 1.81. The number of carbonyl (C=O) groups excluding carboxylic acids is 2. The molecule has 3 aromatic rings. The Hall–Kier alpha value is -3.55. The number of amides is 1. The minimum Gasteiger partial charge on any atom is -0.507 e. The Morgan fingerprint density at radius 2 is 1.68 bits per heavy atom. The Labute approximate surface area is 206 Å². The molecule has 1 amide bonds. The van der Waals surface area contributed by atoms with Crippen LogP contribution < -0.4 is 14.4 Å².